The van der Waals surface area contributed by atoms with E-state index < -0.39 is 0 Å². The molecule has 108 valence electrons. The van der Waals surface area contributed by atoms with Crippen molar-refractivity contribution in [3.05, 3.63) is 25.6 Å². The molecule has 1 aliphatic rings. The van der Waals surface area contributed by atoms with E-state index >= 15 is 0 Å². The molecule has 2 aromatic rings. The lowest BCUT2D eigenvalue weighted by Crippen LogP contribution is -2.24. The Morgan fingerprint density at radius 2 is 2.20 bits per heavy atom. The van der Waals surface area contributed by atoms with Gasteiger partial charge >= 0.3 is 0 Å². The minimum Gasteiger partial charge on any atom is -0.379 e. The van der Waals surface area contributed by atoms with Gasteiger partial charge in [0.2, 0.25) is 0 Å². The number of aryl methyl sites for hydroxylation is 2. The molecule has 1 saturated carbocycles. The molecule has 0 aliphatic heterocycles. The van der Waals surface area contributed by atoms with Gasteiger partial charge in [-0.05, 0) is 50.4 Å². The zero-order valence-electron chi connectivity index (χ0n) is 11.7. The Morgan fingerprint density at radius 3 is 2.90 bits per heavy atom. The zero-order chi connectivity index (χ0) is 14.3. The molecule has 0 atom stereocenters. The summed E-state index contributed by atoms with van der Waals surface area (Å²) in [7, 11) is 0. The van der Waals surface area contributed by atoms with E-state index in [4.69, 9.17) is 17.0 Å². The maximum absolute atomic E-state index is 12.6. The van der Waals surface area contributed by atoms with Crippen LogP contribution in [0.1, 0.15) is 23.3 Å². The molecule has 0 amide bonds. The predicted octanol–water partition coefficient (Wildman–Crippen LogP) is 3.16. The number of aromatic nitrogens is 2. The summed E-state index contributed by atoms with van der Waals surface area (Å²) in [6.45, 7) is 5.89. The molecule has 3 rings (SSSR count). The van der Waals surface area contributed by atoms with Crippen molar-refractivity contribution in [2.24, 2.45) is 5.92 Å². The predicted molar refractivity (Wildman–Crippen MR) is 84.3 cm³/mol. The molecule has 1 aliphatic carbocycles. The van der Waals surface area contributed by atoms with E-state index in [9.17, 15) is 4.79 Å². The van der Waals surface area contributed by atoms with Gasteiger partial charge in [0.1, 0.15) is 4.83 Å². The SMILES string of the molecule is Cc1sc2[nH]c(=S)n(CCOCC3CC3)c(=O)c2c1C. The first-order valence-electron chi connectivity index (χ1n) is 6.88. The summed E-state index contributed by atoms with van der Waals surface area (Å²) in [5.41, 5.74) is 1.05. The number of fused-ring (bicyclic) bond motifs is 1. The summed E-state index contributed by atoms with van der Waals surface area (Å²) < 4.78 is 7.70. The highest BCUT2D eigenvalue weighted by molar-refractivity contribution is 7.71. The van der Waals surface area contributed by atoms with Crippen molar-refractivity contribution in [3.8, 4) is 0 Å². The number of rotatable bonds is 5. The molecule has 0 saturated heterocycles. The van der Waals surface area contributed by atoms with Gasteiger partial charge in [-0.25, -0.2) is 0 Å². The Labute approximate surface area is 126 Å². The van der Waals surface area contributed by atoms with Gasteiger partial charge < -0.3 is 9.72 Å². The first kappa shape index (κ1) is 14.0. The molecular formula is C14H18N2O2S2. The summed E-state index contributed by atoms with van der Waals surface area (Å²) in [6.07, 6.45) is 2.55. The second kappa shape index (κ2) is 5.42. The Morgan fingerprint density at radius 1 is 1.45 bits per heavy atom. The van der Waals surface area contributed by atoms with Gasteiger partial charge in [-0.15, -0.1) is 11.3 Å². The zero-order valence-corrected chi connectivity index (χ0v) is 13.3. The first-order chi connectivity index (χ1) is 9.58. The highest BCUT2D eigenvalue weighted by atomic mass is 32.1. The van der Waals surface area contributed by atoms with E-state index in [1.165, 1.54) is 12.8 Å². The number of aromatic amines is 1. The second-order valence-corrected chi connectivity index (χ2v) is 7.00. The molecule has 0 unspecified atom stereocenters. The number of H-pyrrole nitrogens is 1. The molecule has 0 spiro atoms. The van der Waals surface area contributed by atoms with Crippen LogP contribution in [0.5, 0.6) is 0 Å². The number of ether oxygens (including phenoxy) is 1. The fourth-order valence-corrected chi connectivity index (χ4v) is 3.65. The van der Waals surface area contributed by atoms with Crippen molar-refractivity contribution in [2.45, 2.75) is 33.2 Å². The minimum atomic E-state index is 0.000576. The van der Waals surface area contributed by atoms with Crippen molar-refractivity contribution in [1.82, 2.24) is 9.55 Å². The molecule has 2 aromatic heterocycles. The Kier molecular flexibility index (Phi) is 3.79. The van der Waals surface area contributed by atoms with Crippen LogP contribution >= 0.6 is 23.6 Å². The molecule has 4 nitrogen and oxygen atoms in total. The smallest absolute Gasteiger partial charge is 0.263 e. The van der Waals surface area contributed by atoms with Crippen LogP contribution in [-0.4, -0.2) is 22.8 Å². The normalized spacial score (nSPS) is 15.1. The van der Waals surface area contributed by atoms with Crippen LogP contribution < -0.4 is 5.56 Å². The number of hydrogen-bond donors (Lipinski definition) is 1. The van der Waals surface area contributed by atoms with Crippen LogP contribution in [0.2, 0.25) is 0 Å². The number of nitrogens with one attached hydrogen (secondary N) is 1. The van der Waals surface area contributed by atoms with Gasteiger partial charge in [0, 0.05) is 11.5 Å². The number of thiophene rings is 1. The standard InChI is InChI=1S/C14H18N2O2S2/c1-8-9(2)20-12-11(8)13(17)16(14(19)15-12)5-6-18-7-10-3-4-10/h10H,3-7H2,1-2H3,(H,15,19). The second-order valence-electron chi connectivity index (χ2n) is 5.39. The van der Waals surface area contributed by atoms with E-state index in [0.717, 1.165) is 33.2 Å². The van der Waals surface area contributed by atoms with Crippen molar-refractivity contribution in [3.63, 3.8) is 0 Å². The highest BCUT2D eigenvalue weighted by Gasteiger charge is 2.21. The quantitative estimate of drug-likeness (QED) is 0.681. The molecule has 1 N–H and O–H groups in total. The molecular weight excluding hydrogens is 292 g/mol. The summed E-state index contributed by atoms with van der Waals surface area (Å²) >= 11 is 6.88. The lowest BCUT2D eigenvalue weighted by atomic mass is 10.2. The summed E-state index contributed by atoms with van der Waals surface area (Å²) in [5.74, 6) is 0.741. The van der Waals surface area contributed by atoms with Crippen LogP contribution in [0.4, 0.5) is 0 Å². The van der Waals surface area contributed by atoms with Gasteiger partial charge in [-0.3, -0.25) is 9.36 Å². The van der Waals surface area contributed by atoms with Crippen molar-refractivity contribution in [2.75, 3.05) is 13.2 Å². The van der Waals surface area contributed by atoms with E-state index in [-0.39, 0.29) is 5.56 Å². The first-order valence-corrected chi connectivity index (χ1v) is 8.11. The van der Waals surface area contributed by atoms with Crippen molar-refractivity contribution in [1.29, 1.82) is 0 Å². The van der Waals surface area contributed by atoms with Crippen LogP contribution in [0.3, 0.4) is 0 Å². The molecule has 1 fully saturated rings. The lowest BCUT2D eigenvalue weighted by molar-refractivity contribution is 0.116. The maximum Gasteiger partial charge on any atom is 0.263 e. The topological polar surface area (TPSA) is 47.0 Å². The van der Waals surface area contributed by atoms with Gasteiger partial charge in [0.15, 0.2) is 4.77 Å². The van der Waals surface area contributed by atoms with E-state index in [1.54, 1.807) is 15.9 Å². The average molecular weight is 310 g/mol. The fourth-order valence-electron chi connectivity index (χ4n) is 2.26. The number of hydrogen-bond acceptors (Lipinski definition) is 4. The maximum atomic E-state index is 12.6. The number of nitrogens with zero attached hydrogens (tertiary/aromatic N) is 1. The highest BCUT2D eigenvalue weighted by Crippen LogP contribution is 2.28. The molecule has 20 heavy (non-hydrogen) atoms. The van der Waals surface area contributed by atoms with E-state index in [1.807, 2.05) is 13.8 Å². The monoisotopic (exact) mass is 310 g/mol. The fraction of sp³-hybridized carbons (Fsp3) is 0.571. The van der Waals surface area contributed by atoms with Gasteiger partial charge in [-0.2, -0.15) is 0 Å². The van der Waals surface area contributed by atoms with Crippen molar-refractivity contribution < 1.29 is 4.74 Å². The largest absolute Gasteiger partial charge is 0.379 e. The molecule has 6 heteroatoms. The van der Waals surface area contributed by atoms with Gasteiger partial charge in [-0.1, -0.05) is 0 Å². The Bertz CT molecular complexity index is 753. The van der Waals surface area contributed by atoms with E-state index in [2.05, 4.69) is 4.98 Å². The van der Waals surface area contributed by atoms with Crippen LogP contribution in [0, 0.1) is 24.5 Å². The van der Waals surface area contributed by atoms with E-state index in [0.29, 0.717) is 17.9 Å². The average Bonchev–Trinajstić information content (AvgIpc) is 3.16. The molecule has 0 radical (unpaired) electrons. The summed E-state index contributed by atoms with van der Waals surface area (Å²) in [5, 5.41) is 0.767. The third-order valence-electron chi connectivity index (χ3n) is 3.82. The third-order valence-corrected chi connectivity index (χ3v) is 5.26. The minimum absolute atomic E-state index is 0.000576. The van der Waals surface area contributed by atoms with Crippen LogP contribution in [-0.2, 0) is 11.3 Å². The summed E-state index contributed by atoms with van der Waals surface area (Å²) in [4.78, 5) is 17.8. The van der Waals surface area contributed by atoms with Gasteiger partial charge in [0.05, 0.1) is 18.5 Å². The Balaban J connectivity index is 1.87. The molecule has 2 heterocycles. The van der Waals surface area contributed by atoms with Crippen LogP contribution in [0.15, 0.2) is 4.79 Å². The lowest BCUT2D eigenvalue weighted by Gasteiger charge is -2.07. The molecule has 0 bridgehead atoms. The van der Waals surface area contributed by atoms with Crippen molar-refractivity contribution >= 4 is 33.8 Å². The third kappa shape index (κ3) is 2.60. The van der Waals surface area contributed by atoms with Gasteiger partial charge in [0.25, 0.3) is 5.56 Å². The van der Waals surface area contributed by atoms with Crippen LogP contribution in [0.25, 0.3) is 10.2 Å². The molecule has 0 aromatic carbocycles. The Hall–Kier alpha value is -0.980. The summed E-state index contributed by atoms with van der Waals surface area (Å²) in [6, 6.07) is 0.